The summed E-state index contributed by atoms with van der Waals surface area (Å²) in [7, 11) is -1.37. The molecule has 0 spiro atoms. The third-order valence-corrected chi connectivity index (χ3v) is 6.62. The van der Waals surface area contributed by atoms with Crippen molar-refractivity contribution in [2.24, 2.45) is 0 Å². The number of methoxy groups -OCH3 is 1. The Kier molecular flexibility index (Phi) is 6.87. The lowest BCUT2D eigenvalue weighted by molar-refractivity contribution is -0.133. The van der Waals surface area contributed by atoms with E-state index in [2.05, 4.69) is 6.92 Å². The number of benzene rings is 1. The number of carbonyl (C=O) groups excluding carboxylic acids is 1. The standard InChI is InChI=1S/C19H29NO4S/c1-4-5-11-20(16-10-12-25(22,23)14-16)19(21)13-15(2)17-8-6-7-9-18(17)24-3/h6-9,15-16H,4-5,10-14H2,1-3H3. The van der Waals surface area contributed by atoms with Gasteiger partial charge in [0.15, 0.2) is 9.84 Å². The first-order chi connectivity index (χ1) is 11.9. The Balaban J connectivity index is 2.10. The molecule has 1 aliphatic rings. The van der Waals surface area contributed by atoms with Crippen molar-refractivity contribution < 1.29 is 17.9 Å². The van der Waals surface area contributed by atoms with Gasteiger partial charge in [0.2, 0.25) is 5.91 Å². The maximum Gasteiger partial charge on any atom is 0.223 e. The first-order valence-electron chi connectivity index (χ1n) is 9.00. The molecule has 2 rings (SSSR count). The van der Waals surface area contributed by atoms with Crippen LogP contribution in [0.2, 0.25) is 0 Å². The summed E-state index contributed by atoms with van der Waals surface area (Å²) in [5.74, 6) is 1.13. The summed E-state index contributed by atoms with van der Waals surface area (Å²) in [6, 6.07) is 7.56. The van der Waals surface area contributed by atoms with Gasteiger partial charge in [0.05, 0.1) is 18.6 Å². The van der Waals surface area contributed by atoms with Crippen molar-refractivity contribution in [1.82, 2.24) is 4.90 Å². The molecular formula is C19H29NO4S. The van der Waals surface area contributed by atoms with Gasteiger partial charge in [-0.05, 0) is 30.4 Å². The molecule has 140 valence electrons. The number of amides is 1. The Hall–Kier alpha value is -1.56. The van der Waals surface area contributed by atoms with Crippen molar-refractivity contribution in [2.45, 2.75) is 51.5 Å². The molecule has 0 radical (unpaired) electrons. The van der Waals surface area contributed by atoms with E-state index in [9.17, 15) is 13.2 Å². The Morgan fingerprint density at radius 1 is 1.36 bits per heavy atom. The van der Waals surface area contributed by atoms with Gasteiger partial charge in [0, 0.05) is 19.0 Å². The number of nitrogens with zero attached hydrogens (tertiary/aromatic N) is 1. The van der Waals surface area contributed by atoms with E-state index in [0.29, 0.717) is 19.4 Å². The molecule has 1 saturated heterocycles. The van der Waals surface area contributed by atoms with E-state index in [-0.39, 0.29) is 29.4 Å². The predicted molar refractivity (Wildman–Crippen MR) is 99.7 cm³/mol. The van der Waals surface area contributed by atoms with Gasteiger partial charge in [-0.25, -0.2) is 8.42 Å². The first kappa shape index (κ1) is 19.8. The van der Waals surface area contributed by atoms with Crippen LogP contribution in [0.25, 0.3) is 0 Å². The molecule has 1 heterocycles. The molecule has 0 bridgehead atoms. The van der Waals surface area contributed by atoms with Crippen molar-refractivity contribution in [1.29, 1.82) is 0 Å². The van der Waals surface area contributed by atoms with Gasteiger partial charge in [0.1, 0.15) is 5.75 Å². The molecule has 1 aromatic carbocycles. The molecular weight excluding hydrogens is 338 g/mol. The van der Waals surface area contributed by atoms with Crippen molar-refractivity contribution in [2.75, 3.05) is 25.2 Å². The maximum absolute atomic E-state index is 12.9. The SMILES string of the molecule is CCCCN(C(=O)CC(C)c1ccccc1OC)C1CCS(=O)(=O)C1. The summed E-state index contributed by atoms with van der Waals surface area (Å²) in [5.41, 5.74) is 1.01. The van der Waals surface area contributed by atoms with E-state index in [1.54, 1.807) is 12.0 Å². The molecule has 0 saturated carbocycles. The van der Waals surface area contributed by atoms with Crippen molar-refractivity contribution in [3.05, 3.63) is 29.8 Å². The zero-order valence-corrected chi connectivity index (χ0v) is 16.2. The van der Waals surface area contributed by atoms with Gasteiger partial charge in [-0.15, -0.1) is 0 Å². The molecule has 0 aliphatic carbocycles. The lowest BCUT2D eigenvalue weighted by atomic mass is 9.95. The Morgan fingerprint density at radius 3 is 2.68 bits per heavy atom. The van der Waals surface area contributed by atoms with Crippen molar-refractivity contribution in [3.63, 3.8) is 0 Å². The van der Waals surface area contributed by atoms with Crippen LogP contribution >= 0.6 is 0 Å². The van der Waals surface area contributed by atoms with Gasteiger partial charge in [0.25, 0.3) is 0 Å². The van der Waals surface area contributed by atoms with Gasteiger partial charge in [-0.1, -0.05) is 38.5 Å². The molecule has 1 aliphatic heterocycles. The number of para-hydroxylation sites is 1. The van der Waals surface area contributed by atoms with Crippen LogP contribution in [-0.4, -0.2) is 50.4 Å². The summed E-state index contributed by atoms with van der Waals surface area (Å²) in [5, 5.41) is 0. The topological polar surface area (TPSA) is 63.7 Å². The highest BCUT2D eigenvalue weighted by atomic mass is 32.2. The lowest BCUT2D eigenvalue weighted by Crippen LogP contribution is -2.42. The van der Waals surface area contributed by atoms with Crippen molar-refractivity contribution in [3.8, 4) is 5.75 Å². The molecule has 1 aromatic rings. The highest BCUT2D eigenvalue weighted by Crippen LogP contribution is 2.30. The molecule has 2 unspecified atom stereocenters. The molecule has 1 fully saturated rings. The summed E-state index contributed by atoms with van der Waals surface area (Å²) < 4.78 is 29.0. The third kappa shape index (κ3) is 5.21. The van der Waals surface area contributed by atoms with Gasteiger partial charge < -0.3 is 9.64 Å². The summed E-state index contributed by atoms with van der Waals surface area (Å²) in [6.07, 6.45) is 2.79. The number of unbranched alkanes of at least 4 members (excludes halogenated alkanes) is 1. The minimum absolute atomic E-state index is 0.0192. The minimum Gasteiger partial charge on any atom is -0.496 e. The Morgan fingerprint density at radius 2 is 2.08 bits per heavy atom. The molecule has 6 heteroatoms. The number of carbonyl (C=O) groups is 1. The van der Waals surface area contributed by atoms with E-state index in [0.717, 1.165) is 24.2 Å². The second kappa shape index (κ2) is 8.70. The van der Waals surface area contributed by atoms with Crippen LogP contribution in [0.3, 0.4) is 0 Å². The molecule has 25 heavy (non-hydrogen) atoms. The van der Waals surface area contributed by atoms with Crippen LogP contribution in [0.5, 0.6) is 5.75 Å². The van der Waals surface area contributed by atoms with Crippen LogP contribution in [0.15, 0.2) is 24.3 Å². The lowest BCUT2D eigenvalue weighted by Gasteiger charge is -2.29. The fourth-order valence-electron chi connectivity index (χ4n) is 3.42. The Bertz CT molecular complexity index is 686. The summed E-state index contributed by atoms with van der Waals surface area (Å²) in [6.45, 7) is 4.72. The van der Waals surface area contributed by atoms with Gasteiger partial charge >= 0.3 is 0 Å². The smallest absolute Gasteiger partial charge is 0.223 e. The second-order valence-electron chi connectivity index (χ2n) is 6.84. The summed E-state index contributed by atoms with van der Waals surface area (Å²) >= 11 is 0. The van der Waals surface area contributed by atoms with Crippen LogP contribution in [0.1, 0.15) is 51.0 Å². The average Bonchev–Trinajstić information content (AvgIpc) is 2.94. The fraction of sp³-hybridized carbons (Fsp3) is 0.632. The summed E-state index contributed by atoms with van der Waals surface area (Å²) in [4.78, 5) is 14.7. The van der Waals surface area contributed by atoms with Crippen LogP contribution < -0.4 is 4.74 Å². The minimum atomic E-state index is -3.00. The maximum atomic E-state index is 12.9. The highest BCUT2D eigenvalue weighted by molar-refractivity contribution is 7.91. The van der Waals surface area contributed by atoms with E-state index in [1.165, 1.54) is 0 Å². The second-order valence-corrected chi connectivity index (χ2v) is 9.07. The van der Waals surface area contributed by atoms with Gasteiger partial charge in [-0.3, -0.25) is 4.79 Å². The molecule has 0 aromatic heterocycles. The normalized spacial score (nSPS) is 20.2. The van der Waals surface area contributed by atoms with E-state index in [4.69, 9.17) is 4.74 Å². The molecule has 0 N–H and O–H groups in total. The van der Waals surface area contributed by atoms with E-state index >= 15 is 0 Å². The van der Waals surface area contributed by atoms with Crippen molar-refractivity contribution >= 4 is 15.7 Å². The first-order valence-corrected chi connectivity index (χ1v) is 10.8. The van der Waals surface area contributed by atoms with Crippen LogP contribution in [-0.2, 0) is 14.6 Å². The quantitative estimate of drug-likeness (QED) is 0.708. The fourth-order valence-corrected chi connectivity index (χ4v) is 5.15. The van der Waals surface area contributed by atoms with Crippen LogP contribution in [0.4, 0.5) is 0 Å². The largest absolute Gasteiger partial charge is 0.496 e. The van der Waals surface area contributed by atoms with E-state index < -0.39 is 9.84 Å². The molecule has 2 atom stereocenters. The van der Waals surface area contributed by atoms with Gasteiger partial charge in [-0.2, -0.15) is 0 Å². The number of hydrogen-bond acceptors (Lipinski definition) is 4. The average molecular weight is 368 g/mol. The number of sulfone groups is 1. The van der Waals surface area contributed by atoms with E-state index in [1.807, 2.05) is 31.2 Å². The number of rotatable bonds is 8. The molecule has 5 nitrogen and oxygen atoms in total. The monoisotopic (exact) mass is 367 g/mol. The zero-order valence-electron chi connectivity index (χ0n) is 15.4. The molecule has 1 amide bonds. The number of ether oxygens (including phenoxy) is 1. The van der Waals surface area contributed by atoms with Crippen LogP contribution in [0, 0.1) is 0 Å². The third-order valence-electron chi connectivity index (χ3n) is 4.87. The highest BCUT2D eigenvalue weighted by Gasteiger charge is 2.34. The number of hydrogen-bond donors (Lipinski definition) is 0. The Labute approximate surface area is 151 Å². The zero-order chi connectivity index (χ0) is 18.4. The predicted octanol–water partition coefficient (Wildman–Crippen LogP) is 3.00.